The minimum absolute atomic E-state index is 0.00532. The van der Waals surface area contributed by atoms with E-state index in [4.69, 9.17) is 10.5 Å². The third-order valence-corrected chi connectivity index (χ3v) is 6.58. The number of amides is 3. The summed E-state index contributed by atoms with van der Waals surface area (Å²) in [4.78, 5) is 28.5. The number of benzene rings is 3. The van der Waals surface area contributed by atoms with Gasteiger partial charge in [0.2, 0.25) is 0 Å². The van der Waals surface area contributed by atoms with Crippen molar-refractivity contribution in [3.05, 3.63) is 88.5 Å². The van der Waals surface area contributed by atoms with Crippen LogP contribution in [0.3, 0.4) is 0 Å². The molecular weight excluding hydrogens is 552 g/mol. The smallest absolute Gasteiger partial charge is 0.355 e. The number of para-hydroxylation sites is 1. The number of nitrogens with zero attached hydrogens (tertiary/aromatic N) is 4. The average Bonchev–Trinajstić information content (AvgIpc) is 3.07. The summed E-state index contributed by atoms with van der Waals surface area (Å²) in [6, 6.07) is 13.9. The summed E-state index contributed by atoms with van der Waals surface area (Å²) in [6.07, 6.45) is -9.69. The minimum Gasteiger partial charge on any atom is -0.355 e. The number of anilines is 3. The van der Waals surface area contributed by atoms with Gasteiger partial charge in [0.15, 0.2) is 0 Å². The van der Waals surface area contributed by atoms with Crippen LogP contribution >= 0.6 is 0 Å². The second kappa shape index (κ2) is 10.2. The monoisotopic (exact) mass is 571 g/mol. The first kappa shape index (κ1) is 29.0. The van der Waals surface area contributed by atoms with Crippen molar-refractivity contribution in [2.45, 2.75) is 38.3 Å². The van der Waals surface area contributed by atoms with Gasteiger partial charge in [0, 0.05) is 11.4 Å². The van der Waals surface area contributed by atoms with Gasteiger partial charge < -0.3 is 10.2 Å². The highest BCUT2D eigenvalue weighted by Gasteiger charge is 2.52. The van der Waals surface area contributed by atoms with E-state index in [0.29, 0.717) is 16.5 Å². The Morgan fingerprint density at radius 3 is 1.98 bits per heavy atom. The number of halogens is 6. The highest BCUT2D eigenvalue weighted by atomic mass is 19.4. The van der Waals surface area contributed by atoms with Gasteiger partial charge in [-0.2, -0.15) is 36.9 Å². The molecule has 3 amide bonds. The average molecular weight is 571 g/mol. The molecule has 7 nitrogen and oxygen atoms in total. The van der Waals surface area contributed by atoms with E-state index in [1.807, 2.05) is 0 Å². The van der Waals surface area contributed by atoms with Crippen molar-refractivity contribution in [2.24, 2.45) is 0 Å². The molecule has 1 saturated heterocycles. The van der Waals surface area contributed by atoms with Crippen LogP contribution in [0, 0.1) is 22.7 Å². The molecule has 0 bridgehead atoms. The van der Waals surface area contributed by atoms with Crippen LogP contribution in [0.1, 0.15) is 41.7 Å². The number of nitriles is 2. The van der Waals surface area contributed by atoms with Crippen LogP contribution in [0.4, 0.5) is 48.2 Å². The van der Waals surface area contributed by atoms with Gasteiger partial charge in [-0.05, 0) is 61.9 Å². The number of hydrogen-bond acceptors (Lipinski definition) is 5. The van der Waals surface area contributed by atoms with Crippen molar-refractivity contribution in [3.8, 4) is 12.1 Å². The first-order chi connectivity index (χ1) is 19.1. The lowest BCUT2D eigenvalue weighted by atomic mass is 10.0. The van der Waals surface area contributed by atoms with Crippen molar-refractivity contribution < 1.29 is 35.9 Å². The van der Waals surface area contributed by atoms with Gasteiger partial charge >= 0.3 is 18.4 Å². The zero-order valence-corrected chi connectivity index (χ0v) is 21.4. The van der Waals surface area contributed by atoms with E-state index in [0.717, 1.165) is 29.2 Å². The normalized spacial score (nSPS) is 15.1. The predicted molar refractivity (Wildman–Crippen MR) is 135 cm³/mol. The van der Waals surface area contributed by atoms with E-state index in [-0.39, 0.29) is 23.6 Å². The number of urea groups is 1. The van der Waals surface area contributed by atoms with Crippen LogP contribution in [0.25, 0.3) is 0 Å². The number of hydrogen-bond donors (Lipinski definition) is 1. The Morgan fingerprint density at radius 2 is 1.39 bits per heavy atom. The van der Waals surface area contributed by atoms with Crippen molar-refractivity contribution in [3.63, 3.8) is 0 Å². The molecule has 1 aliphatic heterocycles. The van der Waals surface area contributed by atoms with Crippen LogP contribution < -0.4 is 10.2 Å². The predicted octanol–water partition coefficient (Wildman–Crippen LogP) is 6.96. The molecule has 1 N–H and O–H groups in total. The molecule has 0 aromatic heterocycles. The molecule has 13 heteroatoms. The second-order valence-electron chi connectivity index (χ2n) is 9.56. The van der Waals surface area contributed by atoms with Crippen LogP contribution in [0.15, 0.2) is 60.7 Å². The van der Waals surface area contributed by atoms with Crippen LogP contribution in [0.2, 0.25) is 0 Å². The van der Waals surface area contributed by atoms with Crippen molar-refractivity contribution in [1.82, 2.24) is 4.90 Å². The van der Waals surface area contributed by atoms with Gasteiger partial charge in [0.05, 0.1) is 46.6 Å². The zero-order chi connectivity index (χ0) is 30.3. The molecule has 1 aliphatic rings. The van der Waals surface area contributed by atoms with E-state index in [1.54, 1.807) is 18.2 Å². The summed E-state index contributed by atoms with van der Waals surface area (Å²) in [6.45, 7) is 2.59. The Morgan fingerprint density at radius 1 is 0.829 bits per heavy atom. The number of carbonyl (C=O) groups excluding carboxylic acids is 2. The van der Waals surface area contributed by atoms with Crippen LogP contribution in [0.5, 0.6) is 0 Å². The summed E-state index contributed by atoms with van der Waals surface area (Å²) in [5.74, 6) is -0.812. The molecule has 3 aromatic rings. The molecule has 3 aromatic carbocycles. The van der Waals surface area contributed by atoms with Crippen molar-refractivity contribution in [2.75, 3.05) is 10.2 Å². The molecule has 1 fully saturated rings. The molecule has 0 unspecified atom stereocenters. The lowest BCUT2D eigenvalue weighted by molar-refractivity contribution is -0.138. The molecule has 0 spiro atoms. The molecule has 0 aliphatic carbocycles. The lowest BCUT2D eigenvalue weighted by Crippen LogP contribution is -2.43. The number of carbonyl (C=O) groups is 2. The number of rotatable bonds is 5. The number of alkyl halides is 6. The molecule has 1 heterocycles. The second-order valence-corrected chi connectivity index (χ2v) is 9.56. The summed E-state index contributed by atoms with van der Waals surface area (Å²) in [5.41, 5.74) is -4.88. The molecule has 41 heavy (non-hydrogen) atoms. The van der Waals surface area contributed by atoms with Crippen molar-refractivity contribution >= 4 is 29.0 Å². The summed E-state index contributed by atoms with van der Waals surface area (Å²) >= 11 is 0. The first-order valence-electron chi connectivity index (χ1n) is 11.8. The van der Waals surface area contributed by atoms with E-state index in [9.17, 15) is 35.9 Å². The molecular formula is C28H19F6N5O2. The van der Waals surface area contributed by atoms with Gasteiger partial charge in [-0.25, -0.2) is 9.69 Å². The maximum atomic E-state index is 13.5. The SMILES string of the molecule is CC1(C)C(=O)N(c2ccc(C#N)c(C(F)(F)F)c2)C(=O)N1Cc1ccccc1Nc1ccc(C#N)c(C(F)(F)F)c1. The maximum Gasteiger partial charge on any atom is 0.417 e. The largest absolute Gasteiger partial charge is 0.417 e. The fourth-order valence-corrected chi connectivity index (χ4v) is 4.39. The third-order valence-electron chi connectivity index (χ3n) is 6.58. The van der Waals surface area contributed by atoms with Gasteiger partial charge in [-0.1, -0.05) is 18.2 Å². The van der Waals surface area contributed by atoms with E-state index in [2.05, 4.69) is 5.32 Å². The highest BCUT2D eigenvalue weighted by Crippen LogP contribution is 2.39. The fraction of sp³-hybridized carbons (Fsp3) is 0.214. The summed E-state index contributed by atoms with van der Waals surface area (Å²) < 4.78 is 80.9. The molecule has 210 valence electrons. The van der Waals surface area contributed by atoms with Gasteiger partial charge in [-0.15, -0.1) is 0 Å². The number of imide groups is 1. The minimum atomic E-state index is -4.91. The third kappa shape index (κ3) is 5.39. The molecule has 0 saturated carbocycles. The topological polar surface area (TPSA) is 100 Å². The Balaban J connectivity index is 1.68. The summed E-state index contributed by atoms with van der Waals surface area (Å²) in [7, 11) is 0. The van der Waals surface area contributed by atoms with E-state index >= 15 is 0 Å². The Hall–Kier alpha value is -5.04. The zero-order valence-electron chi connectivity index (χ0n) is 21.4. The summed E-state index contributed by atoms with van der Waals surface area (Å²) in [5, 5.41) is 20.9. The van der Waals surface area contributed by atoms with Gasteiger partial charge in [0.25, 0.3) is 5.91 Å². The first-order valence-corrected chi connectivity index (χ1v) is 11.8. The maximum absolute atomic E-state index is 13.5. The van der Waals surface area contributed by atoms with Gasteiger partial charge in [0.1, 0.15) is 5.54 Å². The Labute approximate surface area is 229 Å². The molecule has 0 radical (unpaired) electrons. The molecule has 0 atom stereocenters. The van der Waals surface area contributed by atoms with Crippen molar-refractivity contribution in [1.29, 1.82) is 10.5 Å². The molecule has 4 rings (SSSR count). The van der Waals surface area contributed by atoms with E-state index in [1.165, 1.54) is 38.1 Å². The standard InChI is InChI=1S/C28H19F6N5O2/c1-26(2)24(40)39(20-10-8-17(14-36)22(12-20)28(32,33)34)25(41)38(26)15-18-5-3-4-6-23(18)37-19-9-7-16(13-35)21(11-19)27(29,30)31/h3-12,37H,15H2,1-2H3. The number of nitrogens with one attached hydrogen (secondary N) is 1. The Kier molecular flexibility index (Phi) is 7.18. The van der Waals surface area contributed by atoms with Gasteiger partial charge in [-0.3, -0.25) is 4.79 Å². The highest BCUT2D eigenvalue weighted by molar-refractivity contribution is 6.23. The van der Waals surface area contributed by atoms with E-state index < -0.39 is 52.1 Å². The Bertz CT molecular complexity index is 1630. The fourth-order valence-electron chi connectivity index (χ4n) is 4.39. The van der Waals surface area contributed by atoms with Crippen LogP contribution in [-0.4, -0.2) is 22.4 Å². The van der Waals surface area contributed by atoms with Crippen LogP contribution in [-0.2, 0) is 23.7 Å². The lowest BCUT2D eigenvalue weighted by Gasteiger charge is -2.28. The quantitative estimate of drug-likeness (QED) is 0.264.